The number of nitrogens with zero attached hydrogens (tertiary/aromatic N) is 1. The van der Waals surface area contributed by atoms with E-state index in [9.17, 15) is 0 Å². The minimum absolute atomic E-state index is 0.540. The van der Waals surface area contributed by atoms with Crippen LogP contribution in [0.5, 0.6) is 0 Å². The van der Waals surface area contributed by atoms with Crippen molar-refractivity contribution in [1.82, 2.24) is 0 Å². The van der Waals surface area contributed by atoms with E-state index in [-0.39, 0.29) is 0 Å². The summed E-state index contributed by atoms with van der Waals surface area (Å²) in [5.74, 6) is 6.73. The topological polar surface area (TPSA) is 12.4 Å². The lowest BCUT2D eigenvalue weighted by Gasteiger charge is -1.94. The first kappa shape index (κ1) is 12.8. The zero-order chi connectivity index (χ0) is 11.8. The fraction of sp³-hybridized carbons (Fsp3) is 0.357. The first-order valence-electron chi connectivity index (χ1n) is 5.40. The van der Waals surface area contributed by atoms with Gasteiger partial charge in [-0.1, -0.05) is 49.6 Å². The van der Waals surface area contributed by atoms with Gasteiger partial charge in [-0.15, -0.1) is 5.92 Å². The predicted octanol–water partition coefficient (Wildman–Crippen LogP) is 3.81. The molecule has 0 fully saturated rings. The molecule has 0 aliphatic heterocycles. The van der Waals surface area contributed by atoms with E-state index in [0.29, 0.717) is 12.5 Å². The summed E-state index contributed by atoms with van der Waals surface area (Å²) in [4.78, 5) is 4.22. The molecule has 84 valence electrons. The highest BCUT2D eigenvalue weighted by Gasteiger charge is 1.92. The molecule has 16 heavy (non-hydrogen) atoms. The van der Waals surface area contributed by atoms with Crippen molar-refractivity contribution in [2.75, 3.05) is 6.54 Å². The van der Waals surface area contributed by atoms with E-state index >= 15 is 0 Å². The summed E-state index contributed by atoms with van der Waals surface area (Å²) in [5, 5.41) is 0.724. The minimum atomic E-state index is 0.540. The molecule has 0 amide bonds. The molecule has 0 unspecified atom stereocenters. The largest absolute Gasteiger partial charge is 0.280 e. The number of benzene rings is 1. The molecule has 0 bridgehead atoms. The quantitative estimate of drug-likeness (QED) is 0.556. The van der Waals surface area contributed by atoms with Crippen LogP contribution in [0.4, 0.5) is 0 Å². The molecule has 0 atom stereocenters. The van der Waals surface area contributed by atoms with Crippen LogP contribution in [0.25, 0.3) is 0 Å². The first-order valence-corrected chi connectivity index (χ1v) is 5.78. The van der Waals surface area contributed by atoms with Crippen LogP contribution < -0.4 is 0 Å². The number of aliphatic imine (C=N–C) groups is 1. The van der Waals surface area contributed by atoms with Gasteiger partial charge >= 0.3 is 0 Å². The van der Waals surface area contributed by atoms with Crippen molar-refractivity contribution >= 4 is 17.8 Å². The van der Waals surface area contributed by atoms with Crippen LogP contribution in [0.1, 0.15) is 25.8 Å². The summed E-state index contributed by atoms with van der Waals surface area (Å²) < 4.78 is 0. The molecular formula is C14H16ClN. The van der Waals surface area contributed by atoms with Crippen LogP contribution in [0.3, 0.4) is 0 Å². The summed E-state index contributed by atoms with van der Waals surface area (Å²) >= 11 is 5.98. The smallest absolute Gasteiger partial charge is 0.0997 e. The first-order chi connectivity index (χ1) is 7.70. The third-order valence-corrected chi connectivity index (χ3v) is 2.29. The van der Waals surface area contributed by atoms with Gasteiger partial charge < -0.3 is 0 Å². The zero-order valence-corrected chi connectivity index (χ0v) is 10.5. The number of halogens is 1. The van der Waals surface area contributed by atoms with Gasteiger partial charge in [0.05, 0.1) is 6.54 Å². The molecule has 0 radical (unpaired) electrons. The second kappa shape index (κ2) is 7.09. The molecule has 0 aliphatic rings. The van der Waals surface area contributed by atoms with E-state index in [1.165, 1.54) is 0 Å². The lowest BCUT2D eigenvalue weighted by atomic mass is 10.1. The van der Waals surface area contributed by atoms with Crippen molar-refractivity contribution in [3.63, 3.8) is 0 Å². The fourth-order valence-electron chi connectivity index (χ4n) is 1.10. The monoisotopic (exact) mass is 233 g/mol. The highest BCUT2D eigenvalue weighted by Crippen LogP contribution is 2.12. The summed E-state index contributed by atoms with van der Waals surface area (Å²) in [7, 11) is 0. The minimum Gasteiger partial charge on any atom is -0.280 e. The molecule has 1 aromatic carbocycles. The lowest BCUT2D eigenvalue weighted by molar-refractivity contribution is 0.675. The van der Waals surface area contributed by atoms with E-state index in [1.54, 1.807) is 6.21 Å². The fourth-order valence-corrected chi connectivity index (χ4v) is 1.29. The van der Waals surface area contributed by atoms with E-state index in [1.807, 2.05) is 24.3 Å². The van der Waals surface area contributed by atoms with Gasteiger partial charge in [-0.05, 0) is 12.0 Å². The van der Waals surface area contributed by atoms with Crippen molar-refractivity contribution in [3.05, 3.63) is 34.9 Å². The highest BCUT2D eigenvalue weighted by atomic mass is 35.5. The standard InChI is InChI=1S/C14H16ClN/c1-12(2)7-5-6-10-16-11-13-8-3-4-9-14(13)15/h3-4,8-9,11-12H,7,10H2,1-2H3. The van der Waals surface area contributed by atoms with Gasteiger partial charge in [0.1, 0.15) is 0 Å². The van der Waals surface area contributed by atoms with Crippen molar-refractivity contribution in [1.29, 1.82) is 0 Å². The molecular weight excluding hydrogens is 218 g/mol. The van der Waals surface area contributed by atoms with Crippen LogP contribution in [0, 0.1) is 17.8 Å². The average molecular weight is 234 g/mol. The second-order valence-corrected chi connectivity index (χ2v) is 4.35. The summed E-state index contributed by atoms with van der Waals surface area (Å²) in [6, 6.07) is 7.64. The van der Waals surface area contributed by atoms with Crippen LogP contribution in [-0.4, -0.2) is 12.8 Å². The number of hydrogen-bond acceptors (Lipinski definition) is 1. The van der Waals surface area contributed by atoms with Crippen LogP contribution in [0.15, 0.2) is 29.3 Å². The van der Waals surface area contributed by atoms with Gasteiger partial charge in [0.25, 0.3) is 0 Å². The van der Waals surface area contributed by atoms with Crippen molar-refractivity contribution < 1.29 is 0 Å². The van der Waals surface area contributed by atoms with Gasteiger partial charge in [-0.2, -0.15) is 0 Å². The van der Waals surface area contributed by atoms with Crippen molar-refractivity contribution in [2.45, 2.75) is 20.3 Å². The molecule has 0 heterocycles. The molecule has 0 saturated carbocycles. The zero-order valence-electron chi connectivity index (χ0n) is 9.70. The average Bonchev–Trinajstić information content (AvgIpc) is 2.25. The van der Waals surface area contributed by atoms with Crippen molar-refractivity contribution in [2.24, 2.45) is 10.9 Å². The van der Waals surface area contributed by atoms with Gasteiger partial charge in [0.2, 0.25) is 0 Å². The molecule has 0 spiro atoms. The molecule has 1 nitrogen and oxygen atoms in total. The van der Waals surface area contributed by atoms with Gasteiger partial charge in [0, 0.05) is 23.2 Å². The molecule has 0 aromatic heterocycles. The molecule has 0 N–H and O–H groups in total. The Bertz CT molecular complexity index is 410. The molecule has 1 rings (SSSR count). The van der Waals surface area contributed by atoms with E-state index in [0.717, 1.165) is 17.0 Å². The Morgan fingerprint density at radius 3 is 2.75 bits per heavy atom. The van der Waals surface area contributed by atoms with E-state index in [2.05, 4.69) is 30.7 Å². The number of hydrogen-bond donors (Lipinski definition) is 0. The Hall–Kier alpha value is -1.26. The third kappa shape index (κ3) is 5.00. The number of rotatable bonds is 3. The van der Waals surface area contributed by atoms with Gasteiger partial charge in [0.15, 0.2) is 0 Å². The summed E-state index contributed by atoms with van der Waals surface area (Å²) in [6.45, 7) is 4.85. The summed E-state index contributed by atoms with van der Waals surface area (Å²) in [5.41, 5.74) is 0.940. The maximum Gasteiger partial charge on any atom is 0.0997 e. The SMILES string of the molecule is CC(C)CC#CCN=Cc1ccccc1Cl. The Morgan fingerprint density at radius 2 is 2.06 bits per heavy atom. The molecule has 1 aromatic rings. The highest BCUT2D eigenvalue weighted by molar-refractivity contribution is 6.33. The molecule has 2 heteroatoms. The van der Waals surface area contributed by atoms with Crippen LogP contribution >= 0.6 is 11.6 Å². The lowest BCUT2D eigenvalue weighted by Crippen LogP contribution is -1.85. The Balaban J connectivity index is 2.43. The van der Waals surface area contributed by atoms with Crippen molar-refractivity contribution in [3.8, 4) is 11.8 Å². The maximum atomic E-state index is 5.98. The molecule has 0 aliphatic carbocycles. The molecule has 0 saturated heterocycles. The summed E-state index contributed by atoms with van der Waals surface area (Å²) in [6.07, 6.45) is 2.70. The van der Waals surface area contributed by atoms with Crippen LogP contribution in [-0.2, 0) is 0 Å². The predicted molar refractivity (Wildman–Crippen MR) is 71.1 cm³/mol. The van der Waals surface area contributed by atoms with Crippen LogP contribution in [0.2, 0.25) is 5.02 Å². The Morgan fingerprint density at radius 1 is 1.31 bits per heavy atom. The Labute approximate surface area is 103 Å². The maximum absolute atomic E-state index is 5.98. The van der Waals surface area contributed by atoms with E-state index in [4.69, 9.17) is 11.6 Å². The van der Waals surface area contributed by atoms with Gasteiger partial charge in [-0.25, -0.2) is 0 Å². The van der Waals surface area contributed by atoms with E-state index < -0.39 is 0 Å². The second-order valence-electron chi connectivity index (χ2n) is 3.94. The normalized spacial score (nSPS) is 10.5. The Kier molecular flexibility index (Phi) is 5.67. The third-order valence-electron chi connectivity index (χ3n) is 1.94. The van der Waals surface area contributed by atoms with Gasteiger partial charge in [-0.3, -0.25) is 4.99 Å².